The van der Waals surface area contributed by atoms with E-state index < -0.39 is 0 Å². The molecule has 1 heterocycles. The second-order valence-corrected chi connectivity index (χ2v) is 4.27. The molecular formula is C10H20ClNO. The molecule has 1 aliphatic heterocycles. The lowest BCUT2D eigenvalue weighted by molar-refractivity contribution is 0.0171. The van der Waals surface area contributed by atoms with E-state index in [-0.39, 0.29) is 5.38 Å². The summed E-state index contributed by atoms with van der Waals surface area (Å²) in [6.45, 7) is 4.90. The van der Waals surface area contributed by atoms with Crippen LogP contribution in [0.2, 0.25) is 0 Å². The first-order valence-corrected chi connectivity index (χ1v) is 5.73. The van der Waals surface area contributed by atoms with Crippen LogP contribution in [-0.4, -0.2) is 31.2 Å². The van der Waals surface area contributed by atoms with Crippen LogP contribution >= 0.6 is 11.6 Å². The minimum atomic E-state index is 0.267. The Kier molecular flexibility index (Phi) is 5.76. The van der Waals surface area contributed by atoms with E-state index in [0.717, 1.165) is 26.1 Å². The first-order valence-electron chi connectivity index (χ1n) is 5.29. The molecule has 1 rings (SSSR count). The minimum absolute atomic E-state index is 0.267. The third-order valence-electron chi connectivity index (χ3n) is 2.45. The van der Waals surface area contributed by atoms with Gasteiger partial charge in [0.1, 0.15) is 0 Å². The number of hydrogen-bond acceptors (Lipinski definition) is 2. The molecule has 1 N–H and O–H groups in total. The number of ether oxygens (including phenoxy) is 1. The first-order chi connectivity index (χ1) is 6.33. The van der Waals surface area contributed by atoms with Crippen molar-refractivity contribution < 1.29 is 4.74 Å². The van der Waals surface area contributed by atoms with Crippen LogP contribution in [0.1, 0.15) is 32.6 Å². The molecule has 1 saturated heterocycles. The van der Waals surface area contributed by atoms with Crippen molar-refractivity contribution in [2.75, 3.05) is 19.7 Å². The van der Waals surface area contributed by atoms with Gasteiger partial charge in [0, 0.05) is 25.1 Å². The fraction of sp³-hybridized carbons (Fsp3) is 1.00. The number of nitrogens with one attached hydrogen (secondary N) is 1. The highest BCUT2D eigenvalue weighted by atomic mass is 35.5. The van der Waals surface area contributed by atoms with E-state index in [1.807, 2.05) is 0 Å². The molecule has 2 nitrogen and oxygen atoms in total. The fourth-order valence-electron chi connectivity index (χ4n) is 1.51. The molecule has 1 fully saturated rings. The summed E-state index contributed by atoms with van der Waals surface area (Å²) >= 11 is 5.98. The van der Waals surface area contributed by atoms with Crippen LogP contribution in [0.3, 0.4) is 0 Å². The van der Waals surface area contributed by atoms with Crippen molar-refractivity contribution in [3.05, 3.63) is 0 Å². The normalized spacial score (nSPS) is 25.8. The molecule has 0 saturated carbocycles. The van der Waals surface area contributed by atoms with Gasteiger partial charge in [-0.1, -0.05) is 6.92 Å². The van der Waals surface area contributed by atoms with Gasteiger partial charge in [-0.05, 0) is 25.7 Å². The van der Waals surface area contributed by atoms with Crippen molar-refractivity contribution in [1.29, 1.82) is 0 Å². The summed E-state index contributed by atoms with van der Waals surface area (Å²) in [6.07, 6.45) is 5.19. The van der Waals surface area contributed by atoms with Gasteiger partial charge in [-0.2, -0.15) is 0 Å². The van der Waals surface area contributed by atoms with Gasteiger partial charge >= 0.3 is 0 Å². The predicted molar refractivity (Wildman–Crippen MR) is 56.4 cm³/mol. The highest BCUT2D eigenvalue weighted by Gasteiger charge is 2.13. The zero-order valence-electron chi connectivity index (χ0n) is 8.39. The molecule has 0 aromatic carbocycles. The lowest BCUT2D eigenvalue weighted by atomic mass is 10.1. The van der Waals surface area contributed by atoms with Gasteiger partial charge in [0.2, 0.25) is 0 Å². The Labute approximate surface area is 86.0 Å². The van der Waals surface area contributed by atoms with Crippen molar-refractivity contribution in [3.8, 4) is 0 Å². The highest BCUT2D eigenvalue weighted by Crippen LogP contribution is 2.11. The molecule has 2 atom stereocenters. The summed E-state index contributed by atoms with van der Waals surface area (Å²) in [5, 5.41) is 3.62. The average molecular weight is 206 g/mol. The molecular weight excluding hydrogens is 186 g/mol. The summed E-state index contributed by atoms with van der Waals surface area (Å²) in [7, 11) is 0. The maximum Gasteiger partial charge on any atom is 0.0699 e. The van der Waals surface area contributed by atoms with Crippen LogP contribution in [0.15, 0.2) is 0 Å². The number of halogens is 1. The maximum atomic E-state index is 5.98. The van der Waals surface area contributed by atoms with Gasteiger partial charge in [-0.25, -0.2) is 0 Å². The van der Waals surface area contributed by atoms with Gasteiger partial charge in [0.25, 0.3) is 0 Å². The van der Waals surface area contributed by atoms with Crippen LogP contribution in [0.4, 0.5) is 0 Å². The summed E-state index contributed by atoms with van der Waals surface area (Å²) < 4.78 is 5.59. The quantitative estimate of drug-likeness (QED) is 0.695. The van der Waals surface area contributed by atoms with E-state index >= 15 is 0 Å². The van der Waals surface area contributed by atoms with Gasteiger partial charge in [-0.15, -0.1) is 11.6 Å². The van der Waals surface area contributed by atoms with E-state index in [2.05, 4.69) is 12.2 Å². The van der Waals surface area contributed by atoms with E-state index in [1.165, 1.54) is 19.3 Å². The van der Waals surface area contributed by atoms with Gasteiger partial charge in [0.15, 0.2) is 0 Å². The predicted octanol–water partition coefficient (Wildman–Crippen LogP) is 2.16. The van der Waals surface area contributed by atoms with Crippen LogP contribution in [-0.2, 0) is 4.74 Å². The van der Waals surface area contributed by atoms with Gasteiger partial charge < -0.3 is 10.1 Å². The van der Waals surface area contributed by atoms with Crippen molar-refractivity contribution in [3.63, 3.8) is 0 Å². The molecule has 0 spiro atoms. The van der Waals surface area contributed by atoms with E-state index in [4.69, 9.17) is 16.3 Å². The number of alkyl halides is 1. The Morgan fingerprint density at radius 3 is 3.00 bits per heavy atom. The molecule has 3 heteroatoms. The summed E-state index contributed by atoms with van der Waals surface area (Å²) in [4.78, 5) is 0. The second kappa shape index (κ2) is 6.63. The Bertz CT molecular complexity index is 126. The van der Waals surface area contributed by atoms with Crippen molar-refractivity contribution >= 4 is 11.6 Å². The van der Waals surface area contributed by atoms with Crippen LogP contribution in [0.25, 0.3) is 0 Å². The number of hydrogen-bond donors (Lipinski definition) is 1. The Morgan fingerprint density at radius 2 is 2.38 bits per heavy atom. The van der Waals surface area contributed by atoms with Gasteiger partial charge in [-0.3, -0.25) is 0 Å². The summed E-state index contributed by atoms with van der Waals surface area (Å²) in [5.41, 5.74) is 0. The highest BCUT2D eigenvalue weighted by molar-refractivity contribution is 6.20. The molecule has 0 amide bonds. The summed E-state index contributed by atoms with van der Waals surface area (Å²) in [6, 6.07) is 0. The van der Waals surface area contributed by atoms with Gasteiger partial charge in [0.05, 0.1) is 6.10 Å². The molecule has 1 aliphatic rings. The SMILES string of the molecule is CCC(Cl)CNCC1CCCCO1. The first kappa shape index (κ1) is 11.3. The number of rotatable bonds is 5. The molecule has 78 valence electrons. The molecule has 0 aromatic heterocycles. The van der Waals surface area contributed by atoms with Crippen molar-refractivity contribution in [2.24, 2.45) is 0 Å². The molecule has 0 bridgehead atoms. The molecule has 2 unspecified atom stereocenters. The van der Waals surface area contributed by atoms with Crippen molar-refractivity contribution in [2.45, 2.75) is 44.1 Å². The monoisotopic (exact) mass is 205 g/mol. The third kappa shape index (κ3) is 4.84. The summed E-state index contributed by atoms with van der Waals surface area (Å²) in [5.74, 6) is 0. The van der Waals surface area contributed by atoms with Crippen LogP contribution in [0, 0.1) is 0 Å². The third-order valence-corrected chi connectivity index (χ3v) is 2.92. The molecule has 0 aliphatic carbocycles. The fourth-order valence-corrected chi connectivity index (χ4v) is 1.62. The zero-order chi connectivity index (χ0) is 9.52. The van der Waals surface area contributed by atoms with Crippen molar-refractivity contribution in [1.82, 2.24) is 5.32 Å². The lowest BCUT2D eigenvalue weighted by Gasteiger charge is -2.23. The largest absolute Gasteiger partial charge is 0.377 e. The Morgan fingerprint density at radius 1 is 1.54 bits per heavy atom. The zero-order valence-corrected chi connectivity index (χ0v) is 9.15. The average Bonchev–Trinajstić information content (AvgIpc) is 2.19. The van der Waals surface area contributed by atoms with E-state index in [0.29, 0.717) is 6.10 Å². The maximum absolute atomic E-state index is 5.98. The van der Waals surface area contributed by atoms with E-state index in [9.17, 15) is 0 Å². The molecule has 0 radical (unpaired) electrons. The van der Waals surface area contributed by atoms with Crippen LogP contribution in [0.5, 0.6) is 0 Å². The Balaban J connectivity index is 1.98. The minimum Gasteiger partial charge on any atom is -0.377 e. The smallest absolute Gasteiger partial charge is 0.0699 e. The standard InChI is InChI=1S/C10H20ClNO/c1-2-9(11)7-12-8-10-5-3-4-6-13-10/h9-10,12H,2-8H2,1H3. The Hall–Kier alpha value is 0.210. The van der Waals surface area contributed by atoms with Crippen LogP contribution < -0.4 is 5.32 Å². The molecule has 13 heavy (non-hydrogen) atoms. The second-order valence-electron chi connectivity index (χ2n) is 3.65. The lowest BCUT2D eigenvalue weighted by Crippen LogP contribution is -2.34. The van der Waals surface area contributed by atoms with E-state index in [1.54, 1.807) is 0 Å². The topological polar surface area (TPSA) is 21.3 Å². The molecule has 0 aromatic rings.